The molecular weight excluding hydrogens is 164 g/mol. The lowest BCUT2D eigenvalue weighted by Gasteiger charge is -2.20. The summed E-state index contributed by atoms with van der Waals surface area (Å²) in [6, 6.07) is 4.00. The molecule has 1 fully saturated rings. The molecule has 1 atom stereocenters. The van der Waals surface area contributed by atoms with Crippen molar-refractivity contribution in [3.63, 3.8) is 0 Å². The van der Waals surface area contributed by atoms with Gasteiger partial charge in [0.25, 0.3) is 0 Å². The SMILES string of the molecule is C1=C2NCNC2Nc2ncccc21. The topological polar surface area (TPSA) is 49.0 Å². The van der Waals surface area contributed by atoms with Gasteiger partial charge in [-0.25, -0.2) is 4.98 Å². The van der Waals surface area contributed by atoms with Gasteiger partial charge in [-0.05, 0) is 18.2 Å². The van der Waals surface area contributed by atoms with Crippen LogP contribution < -0.4 is 16.0 Å². The van der Waals surface area contributed by atoms with E-state index < -0.39 is 0 Å². The Morgan fingerprint density at radius 2 is 2.46 bits per heavy atom. The summed E-state index contributed by atoms with van der Waals surface area (Å²) in [6.45, 7) is 0.817. The number of hydrogen-bond acceptors (Lipinski definition) is 4. The Morgan fingerprint density at radius 3 is 3.46 bits per heavy atom. The van der Waals surface area contributed by atoms with Gasteiger partial charge in [0.1, 0.15) is 12.0 Å². The van der Waals surface area contributed by atoms with Gasteiger partial charge in [-0.15, -0.1) is 0 Å². The molecule has 3 rings (SSSR count). The van der Waals surface area contributed by atoms with Crippen LogP contribution in [0.4, 0.5) is 5.82 Å². The second-order valence-corrected chi connectivity index (χ2v) is 3.18. The molecule has 0 spiro atoms. The van der Waals surface area contributed by atoms with Crippen molar-refractivity contribution < 1.29 is 0 Å². The van der Waals surface area contributed by atoms with E-state index in [1.54, 1.807) is 6.20 Å². The van der Waals surface area contributed by atoms with Crippen LogP contribution in [-0.2, 0) is 0 Å². The molecule has 0 saturated carbocycles. The number of anilines is 1. The molecule has 66 valence electrons. The Bertz CT molecular complexity index is 372. The molecular formula is C9H10N4. The molecule has 1 aromatic heterocycles. The van der Waals surface area contributed by atoms with Gasteiger partial charge in [0.05, 0.1) is 12.4 Å². The summed E-state index contributed by atoms with van der Waals surface area (Å²) in [6.07, 6.45) is 4.14. The zero-order valence-electron chi connectivity index (χ0n) is 7.04. The van der Waals surface area contributed by atoms with E-state index in [-0.39, 0.29) is 6.17 Å². The summed E-state index contributed by atoms with van der Waals surface area (Å²) >= 11 is 0. The van der Waals surface area contributed by atoms with Crippen LogP contribution in [0.2, 0.25) is 0 Å². The zero-order valence-corrected chi connectivity index (χ0v) is 7.04. The third-order valence-corrected chi connectivity index (χ3v) is 2.34. The van der Waals surface area contributed by atoms with Crippen molar-refractivity contribution in [3.8, 4) is 0 Å². The van der Waals surface area contributed by atoms with Crippen molar-refractivity contribution in [2.45, 2.75) is 6.17 Å². The van der Waals surface area contributed by atoms with E-state index in [2.05, 4.69) is 33.1 Å². The third kappa shape index (κ3) is 0.990. The van der Waals surface area contributed by atoms with Crippen molar-refractivity contribution in [3.05, 3.63) is 29.6 Å². The summed E-state index contributed by atoms with van der Waals surface area (Å²) in [5, 5.41) is 9.83. The molecule has 0 amide bonds. The van der Waals surface area contributed by atoms with Crippen molar-refractivity contribution in [2.24, 2.45) is 0 Å². The van der Waals surface area contributed by atoms with Gasteiger partial charge in [0.2, 0.25) is 0 Å². The predicted octanol–water partition coefficient (Wildman–Crippen LogP) is 0.324. The monoisotopic (exact) mass is 174 g/mol. The number of nitrogens with zero attached hydrogens (tertiary/aromatic N) is 1. The van der Waals surface area contributed by atoms with Gasteiger partial charge in [0.15, 0.2) is 0 Å². The van der Waals surface area contributed by atoms with Crippen molar-refractivity contribution in [1.29, 1.82) is 0 Å². The quantitative estimate of drug-likeness (QED) is 0.530. The molecule has 4 nitrogen and oxygen atoms in total. The average molecular weight is 174 g/mol. The Kier molecular flexibility index (Phi) is 1.31. The maximum atomic E-state index is 4.26. The number of hydrogen-bond donors (Lipinski definition) is 3. The minimum atomic E-state index is 0.211. The zero-order chi connectivity index (χ0) is 8.67. The van der Waals surface area contributed by atoms with Crippen LogP contribution in [0, 0.1) is 0 Å². The summed E-state index contributed by atoms with van der Waals surface area (Å²) in [7, 11) is 0. The molecule has 1 aromatic rings. The molecule has 2 aliphatic heterocycles. The van der Waals surface area contributed by atoms with Crippen LogP contribution >= 0.6 is 0 Å². The van der Waals surface area contributed by atoms with E-state index in [0.29, 0.717) is 0 Å². The first-order valence-electron chi connectivity index (χ1n) is 4.34. The minimum absolute atomic E-state index is 0.211. The largest absolute Gasteiger partial charge is 0.373 e. The van der Waals surface area contributed by atoms with E-state index >= 15 is 0 Å². The van der Waals surface area contributed by atoms with Crippen LogP contribution in [0.1, 0.15) is 5.56 Å². The van der Waals surface area contributed by atoms with E-state index in [1.807, 2.05) is 6.07 Å². The van der Waals surface area contributed by atoms with Gasteiger partial charge in [-0.1, -0.05) is 0 Å². The molecule has 0 aliphatic carbocycles. The fourth-order valence-corrected chi connectivity index (χ4v) is 1.69. The lowest BCUT2D eigenvalue weighted by Crippen LogP contribution is -2.33. The highest BCUT2D eigenvalue weighted by molar-refractivity contribution is 5.70. The highest BCUT2D eigenvalue weighted by Gasteiger charge is 2.24. The fraction of sp³-hybridized carbons (Fsp3) is 0.222. The molecule has 3 N–H and O–H groups in total. The van der Waals surface area contributed by atoms with E-state index in [9.17, 15) is 0 Å². The number of fused-ring (bicyclic) bond motifs is 2. The van der Waals surface area contributed by atoms with Gasteiger partial charge < -0.3 is 10.6 Å². The summed E-state index contributed by atoms with van der Waals surface area (Å²) in [4.78, 5) is 4.26. The molecule has 0 aromatic carbocycles. The van der Waals surface area contributed by atoms with Crippen LogP contribution in [0.5, 0.6) is 0 Å². The fourth-order valence-electron chi connectivity index (χ4n) is 1.69. The summed E-state index contributed by atoms with van der Waals surface area (Å²) in [5.41, 5.74) is 2.34. The lowest BCUT2D eigenvalue weighted by molar-refractivity contribution is 0.720. The molecule has 1 unspecified atom stereocenters. The van der Waals surface area contributed by atoms with Crippen LogP contribution in [0.3, 0.4) is 0 Å². The van der Waals surface area contributed by atoms with Crippen molar-refractivity contribution >= 4 is 11.9 Å². The van der Waals surface area contributed by atoms with Gasteiger partial charge in [-0.3, -0.25) is 5.32 Å². The molecule has 13 heavy (non-hydrogen) atoms. The molecule has 0 radical (unpaired) electrons. The van der Waals surface area contributed by atoms with Gasteiger partial charge >= 0.3 is 0 Å². The van der Waals surface area contributed by atoms with Crippen LogP contribution in [-0.4, -0.2) is 17.8 Å². The van der Waals surface area contributed by atoms with Crippen LogP contribution in [0.15, 0.2) is 24.0 Å². The molecule has 1 saturated heterocycles. The minimum Gasteiger partial charge on any atom is -0.373 e. The van der Waals surface area contributed by atoms with Gasteiger partial charge in [0, 0.05) is 11.8 Å². The average Bonchev–Trinajstić information content (AvgIpc) is 2.61. The second-order valence-electron chi connectivity index (χ2n) is 3.18. The van der Waals surface area contributed by atoms with E-state index in [4.69, 9.17) is 0 Å². The number of aromatic nitrogens is 1. The van der Waals surface area contributed by atoms with Crippen molar-refractivity contribution in [1.82, 2.24) is 15.6 Å². The highest BCUT2D eigenvalue weighted by Crippen LogP contribution is 2.23. The normalized spacial score (nSPS) is 23.7. The summed E-state index contributed by atoms with van der Waals surface area (Å²) < 4.78 is 0. The molecule has 2 aliphatic rings. The Hall–Kier alpha value is -1.55. The maximum absolute atomic E-state index is 4.26. The predicted molar refractivity (Wildman–Crippen MR) is 50.8 cm³/mol. The van der Waals surface area contributed by atoms with Crippen molar-refractivity contribution in [2.75, 3.05) is 12.0 Å². The first-order chi connectivity index (χ1) is 6.43. The Labute approximate surface area is 76.1 Å². The van der Waals surface area contributed by atoms with Crippen LogP contribution in [0.25, 0.3) is 6.08 Å². The Morgan fingerprint density at radius 1 is 1.46 bits per heavy atom. The highest BCUT2D eigenvalue weighted by atomic mass is 15.3. The van der Waals surface area contributed by atoms with E-state index in [0.717, 1.165) is 18.1 Å². The standard InChI is InChI=1S/C9H10N4/c1-2-6-4-7-9(12-5-11-7)13-8(6)10-3-1/h1-4,9,11-12H,5H2,(H,10,13). The molecule has 0 bridgehead atoms. The maximum Gasteiger partial charge on any atom is 0.134 e. The molecule has 4 heteroatoms. The second kappa shape index (κ2) is 2.47. The number of pyridine rings is 1. The number of rotatable bonds is 0. The van der Waals surface area contributed by atoms with Gasteiger partial charge in [-0.2, -0.15) is 0 Å². The Balaban J connectivity index is 2.10. The van der Waals surface area contributed by atoms with E-state index in [1.165, 1.54) is 5.70 Å². The first-order valence-corrected chi connectivity index (χ1v) is 4.34. The summed E-state index contributed by atoms with van der Waals surface area (Å²) in [5.74, 6) is 0.951. The first kappa shape index (κ1) is 6.91. The lowest BCUT2D eigenvalue weighted by atomic mass is 10.1. The smallest absolute Gasteiger partial charge is 0.134 e. The third-order valence-electron chi connectivity index (χ3n) is 2.34. The molecule has 3 heterocycles. The number of nitrogens with one attached hydrogen (secondary N) is 3.